The number of benzene rings is 22. The van der Waals surface area contributed by atoms with Crippen LogP contribution in [0.2, 0.25) is 0 Å². The molecule has 582 valence electrons. The highest BCUT2D eigenvalue weighted by Crippen LogP contribution is 2.48. The second kappa shape index (κ2) is 31.0. The van der Waals surface area contributed by atoms with Gasteiger partial charge in [0.1, 0.15) is 33.5 Å². The summed E-state index contributed by atoms with van der Waals surface area (Å²) in [6.07, 6.45) is 0. The molecule has 0 atom stereocenters. The van der Waals surface area contributed by atoms with Gasteiger partial charge in [0.2, 0.25) is 0 Å². The SMILES string of the molecule is c1ccc(N(c2ccc(-c3ccc4ccccc4c3)cc2)c2ccc3c(c2)oc2ccccc23)cc1.c1ccc2c(c1)cc(-c1ccc(N(c3ccc4c(c3)oc3ccccc34)c3cc4ccccc4c4ccccc34)cc1)c1ccccc12.c1ccc2cc(-c3ccc(N(c4ccc5c(c4)oc4ccccc45)c4cccc5ccccc45)cc3)ccc2c1. The van der Waals surface area contributed by atoms with Crippen molar-refractivity contribution in [1.29, 1.82) is 0 Å². The van der Waals surface area contributed by atoms with Crippen LogP contribution in [0.3, 0.4) is 0 Å². The molecule has 6 heteroatoms. The Kier molecular flexibility index (Phi) is 18.2. The van der Waals surface area contributed by atoms with Gasteiger partial charge in [-0.2, -0.15) is 0 Å². The fourth-order valence-electron chi connectivity index (χ4n) is 18.5. The molecule has 22 aromatic carbocycles. The summed E-state index contributed by atoms with van der Waals surface area (Å²) < 4.78 is 18.9. The first kappa shape index (κ1) is 72.7. The number of fused-ring (bicyclic) bond motifs is 18. The van der Waals surface area contributed by atoms with E-state index in [0.29, 0.717) is 0 Å². The van der Waals surface area contributed by atoms with E-state index in [-0.39, 0.29) is 0 Å². The minimum atomic E-state index is 0.878. The van der Waals surface area contributed by atoms with Crippen LogP contribution < -0.4 is 14.7 Å². The molecule has 0 radical (unpaired) electrons. The molecule has 0 saturated heterocycles. The van der Waals surface area contributed by atoms with Crippen LogP contribution in [0.4, 0.5) is 51.2 Å². The number of nitrogens with zero attached hydrogens (tertiary/aromatic N) is 3. The molecule has 3 aromatic heterocycles. The lowest BCUT2D eigenvalue weighted by Crippen LogP contribution is -2.10. The van der Waals surface area contributed by atoms with Crippen molar-refractivity contribution in [3.05, 3.63) is 467 Å². The van der Waals surface area contributed by atoms with Gasteiger partial charge in [-0.15, -0.1) is 0 Å². The summed E-state index contributed by atoms with van der Waals surface area (Å²) in [5.41, 5.74) is 22.4. The number of furan rings is 3. The number of anilines is 9. The van der Waals surface area contributed by atoms with E-state index in [4.69, 9.17) is 13.3 Å². The smallest absolute Gasteiger partial charge is 0.137 e. The highest BCUT2D eigenvalue weighted by atomic mass is 16.3. The van der Waals surface area contributed by atoms with Crippen molar-refractivity contribution in [1.82, 2.24) is 0 Å². The van der Waals surface area contributed by atoms with Gasteiger partial charge in [-0.05, 0) is 231 Å². The second-order valence-corrected chi connectivity index (χ2v) is 31.8. The molecule has 3 heterocycles. The number of para-hydroxylation sites is 4. The average Bonchev–Trinajstić information content (AvgIpc) is 1.43. The largest absolute Gasteiger partial charge is 0.456 e. The predicted octanol–water partition coefficient (Wildman–Crippen LogP) is 34.2. The van der Waals surface area contributed by atoms with Crippen LogP contribution in [-0.2, 0) is 0 Å². The van der Waals surface area contributed by atoms with E-state index in [2.05, 4.69) is 439 Å². The summed E-state index contributed by atoms with van der Waals surface area (Å²) in [6, 6.07) is 166. The van der Waals surface area contributed by atoms with Gasteiger partial charge >= 0.3 is 0 Å². The first-order chi connectivity index (χ1) is 61.4. The lowest BCUT2D eigenvalue weighted by atomic mass is 9.93. The van der Waals surface area contributed by atoms with Crippen LogP contribution in [0.15, 0.2) is 480 Å². The molecule has 0 aliphatic heterocycles. The first-order valence-corrected chi connectivity index (χ1v) is 42.2. The van der Waals surface area contributed by atoms with Gasteiger partial charge in [0, 0.05) is 101 Å². The molecule has 0 saturated carbocycles. The van der Waals surface area contributed by atoms with Crippen molar-refractivity contribution in [2.24, 2.45) is 0 Å². The monoisotopic (exact) mass is 1580 g/mol. The predicted molar refractivity (Wildman–Crippen MR) is 524 cm³/mol. The second-order valence-electron chi connectivity index (χ2n) is 31.8. The van der Waals surface area contributed by atoms with E-state index < -0.39 is 0 Å². The molecular weight excluding hydrogens is 1510 g/mol. The van der Waals surface area contributed by atoms with Crippen LogP contribution >= 0.6 is 0 Å². The summed E-state index contributed by atoms with van der Waals surface area (Å²) in [7, 11) is 0. The molecular formula is C118H77N3O3. The summed E-state index contributed by atoms with van der Waals surface area (Å²) in [6.45, 7) is 0. The van der Waals surface area contributed by atoms with E-state index >= 15 is 0 Å². The van der Waals surface area contributed by atoms with Crippen LogP contribution in [0.5, 0.6) is 0 Å². The van der Waals surface area contributed by atoms with Gasteiger partial charge in [0.05, 0.1) is 11.4 Å². The third kappa shape index (κ3) is 13.3. The zero-order valence-corrected chi connectivity index (χ0v) is 67.5. The van der Waals surface area contributed by atoms with Crippen molar-refractivity contribution in [3.8, 4) is 33.4 Å². The molecule has 124 heavy (non-hydrogen) atoms. The molecule has 0 aliphatic rings. The van der Waals surface area contributed by atoms with Gasteiger partial charge in [-0.25, -0.2) is 0 Å². The summed E-state index contributed by atoms with van der Waals surface area (Å²) in [5.74, 6) is 0. The van der Waals surface area contributed by atoms with Crippen LogP contribution in [0.1, 0.15) is 0 Å². The Hall–Kier alpha value is -16.5. The van der Waals surface area contributed by atoms with Gasteiger partial charge in [0.15, 0.2) is 0 Å². The van der Waals surface area contributed by atoms with E-state index in [0.717, 1.165) is 117 Å². The normalized spacial score (nSPS) is 11.5. The number of hydrogen-bond acceptors (Lipinski definition) is 6. The lowest BCUT2D eigenvalue weighted by Gasteiger charge is -2.28. The minimum Gasteiger partial charge on any atom is -0.456 e. The molecule has 0 fully saturated rings. The Bertz CT molecular complexity index is 8390. The van der Waals surface area contributed by atoms with Gasteiger partial charge in [-0.3, -0.25) is 0 Å². The van der Waals surface area contributed by atoms with Crippen molar-refractivity contribution >= 4 is 192 Å². The third-order valence-electron chi connectivity index (χ3n) is 24.5. The minimum absolute atomic E-state index is 0.878. The van der Waals surface area contributed by atoms with Gasteiger partial charge < -0.3 is 28.0 Å². The molecule has 0 unspecified atom stereocenters. The zero-order chi connectivity index (χ0) is 82.0. The van der Waals surface area contributed by atoms with E-state index in [9.17, 15) is 0 Å². The molecule has 0 aliphatic carbocycles. The molecule has 0 amide bonds. The zero-order valence-electron chi connectivity index (χ0n) is 67.5. The standard InChI is InChI=1S/C46H29NO.C38H25NO.C34H23NO/c1-3-13-35-31(11-1)27-43(39-17-6-5-15-37(35)39)30-21-23-33(24-22-30)47(34-25-26-42-41-19-9-10-20-45(41)48-46(42)29-34)44-28-32-12-2-4-14-36(32)38-16-7-8-18-40(38)44;1-2-10-29-24-30(17-16-26(29)8-1)27-18-20-31(21-19-27)39(36-14-7-11-28-9-3-4-12-33(28)36)32-22-23-35-34-13-5-6-15-37(34)40-38(35)25-32;1-2-10-28(11-3-1)35(30-20-21-32-31-12-6-7-13-33(31)36-34(32)23-30)29-18-16-25(17-19-29)27-15-14-24-8-4-5-9-26(24)22-27/h1-29H;1-25H;1-23H. The summed E-state index contributed by atoms with van der Waals surface area (Å²) in [4.78, 5) is 6.99. The maximum atomic E-state index is 6.40. The van der Waals surface area contributed by atoms with Gasteiger partial charge in [0.25, 0.3) is 0 Å². The van der Waals surface area contributed by atoms with Gasteiger partial charge in [-0.1, -0.05) is 315 Å². The molecule has 0 N–H and O–H groups in total. The highest BCUT2D eigenvalue weighted by molar-refractivity contribution is 6.17. The maximum absolute atomic E-state index is 6.40. The Morgan fingerprint density at radius 1 is 0.129 bits per heavy atom. The Morgan fingerprint density at radius 3 is 0.935 bits per heavy atom. The highest BCUT2D eigenvalue weighted by Gasteiger charge is 2.23. The summed E-state index contributed by atoms with van der Waals surface area (Å²) in [5, 5.41) is 24.2. The molecule has 25 aromatic rings. The molecule has 0 bridgehead atoms. The quantitative estimate of drug-likeness (QED) is 0.114. The molecule has 0 spiro atoms. The van der Waals surface area contributed by atoms with Crippen molar-refractivity contribution in [3.63, 3.8) is 0 Å². The maximum Gasteiger partial charge on any atom is 0.137 e. The van der Waals surface area contributed by atoms with Crippen LogP contribution in [0.25, 0.3) is 175 Å². The van der Waals surface area contributed by atoms with E-state index in [1.54, 1.807) is 0 Å². The Balaban J connectivity index is 0.000000109. The third-order valence-corrected chi connectivity index (χ3v) is 24.5. The Morgan fingerprint density at radius 2 is 0.444 bits per heavy atom. The molecule has 6 nitrogen and oxygen atoms in total. The Labute approximate surface area is 716 Å². The van der Waals surface area contributed by atoms with Crippen molar-refractivity contribution < 1.29 is 13.3 Å². The number of rotatable bonds is 12. The van der Waals surface area contributed by atoms with Crippen LogP contribution in [0, 0.1) is 0 Å². The average molecular weight is 1580 g/mol. The van der Waals surface area contributed by atoms with Crippen LogP contribution in [-0.4, -0.2) is 0 Å². The fourth-order valence-corrected chi connectivity index (χ4v) is 18.5. The van der Waals surface area contributed by atoms with E-state index in [1.807, 2.05) is 42.5 Å². The van der Waals surface area contributed by atoms with Crippen molar-refractivity contribution in [2.45, 2.75) is 0 Å². The lowest BCUT2D eigenvalue weighted by molar-refractivity contribution is 0.668. The molecule has 25 rings (SSSR count). The summed E-state index contributed by atoms with van der Waals surface area (Å²) >= 11 is 0. The number of hydrogen-bond donors (Lipinski definition) is 0. The van der Waals surface area contributed by atoms with E-state index in [1.165, 1.54) is 109 Å². The fraction of sp³-hybridized carbons (Fsp3) is 0. The van der Waals surface area contributed by atoms with Crippen molar-refractivity contribution in [2.75, 3.05) is 14.7 Å². The topological polar surface area (TPSA) is 49.1 Å². The first-order valence-electron chi connectivity index (χ1n) is 42.2.